The zero-order valence-corrected chi connectivity index (χ0v) is 17.7. The van der Waals surface area contributed by atoms with E-state index in [0.29, 0.717) is 12.2 Å². The van der Waals surface area contributed by atoms with Crippen LogP contribution in [-0.4, -0.2) is 78.4 Å². The Morgan fingerprint density at radius 2 is 1.83 bits per heavy atom. The van der Waals surface area contributed by atoms with Gasteiger partial charge in [-0.3, -0.25) is 19.4 Å². The Kier molecular flexibility index (Phi) is 6.37. The predicted octanol–water partition coefficient (Wildman–Crippen LogP) is 2.37. The van der Waals surface area contributed by atoms with Crippen molar-refractivity contribution in [3.8, 4) is 0 Å². The SMILES string of the molecule is CC(C(=O)N1CCCCC1)N1CCN(CC(=O)Nc2cccc3c2N=S=N3)CC1. The van der Waals surface area contributed by atoms with Gasteiger partial charge in [0.25, 0.3) is 0 Å². The van der Waals surface area contributed by atoms with Crippen LogP contribution in [0.4, 0.5) is 17.1 Å². The Balaban J connectivity index is 1.24. The zero-order chi connectivity index (χ0) is 20.2. The van der Waals surface area contributed by atoms with Crippen molar-refractivity contribution in [3.63, 3.8) is 0 Å². The van der Waals surface area contributed by atoms with Crippen LogP contribution in [-0.2, 0) is 20.9 Å². The number of anilines is 1. The van der Waals surface area contributed by atoms with Crippen molar-refractivity contribution in [3.05, 3.63) is 18.2 Å². The molecule has 3 aliphatic rings. The van der Waals surface area contributed by atoms with Crippen LogP contribution in [0.2, 0.25) is 0 Å². The molecule has 1 N–H and O–H groups in total. The molecule has 0 bridgehead atoms. The van der Waals surface area contributed by atoms with Crippen LogP contribution < -0.4 is 5.32 Å². The molecule has 29 heavy (non-hydrogen) atoms. The number of benzene rings is 1. The van der Waals surface area contributed by atoms with Crippen molar-refractivity contribution in [1.29, 1.82) is 0 Å². The number of piperazine rings is 1. The highest BCUT2D eigenvalue weighted by Crippen LogP contribution is 2.38. The summed E-state index contributed by atoms with van der Waals surface area (Å²) in [6.45, 7) is 7.33. The van der Waals surface area contributed by atoms with Crippen LogP contribution in [0.25, 0.3) is 0 Å². The molecule has 0 aliphatic carbocycles. The lowest BCUT2D eigenvalue weighted by atomic mass is 10.1. The first-order chi connectivity index (χ1) is 14.1. The number of carbonyl (C=O) groups excluding carboxylic acids is 2. The molecule has 9 heteroatoms. The van der Waals surface area contributed by atoms with Crippen molar-refractivity contribution in [2.24, 2.45) is 8.73 Å². The molecule has 3 aliphatic heterocycles. The minimum atomic E-state index is -0.0844. The summed E-state index contributed by atoms with van der Waals surface area (Å²) >= 11 is 1.15. The third kappa shape index (κ3) is 4.73. The van der Waals surface area contributed by atoms with Gasteiger partial charge in [-0.05, 0) is 38.3 Å². The van der Waals surface area contributed by atoms with E-state index in [1.165, 1.54) is 6.42 Å². The summed E-state index contributed by atoms with van der Waals surface area (Å²) in [7, 11) is 0. The first-order valence-electron chi connectivity index (χ1n) is 10.4. The third-order valence-electron chi connectivity index (χ3n) is 5.91. The smallest absolute Gasteiger partial charge is 0.239 e. The summed E-state index contributed by atoms with van der Waals surface area (Å²) in [5.41, 5.74) is 2.25. The summed E-state index contributed by atoms with van der Waals surface area (Å²) in [5.74, 6) is 0.206. The Labute approximate surface area is 175 Å². The average Bonchev–Trinajstić information content (AvgIpc) is 3.24. The normalized spacial score (nSPS) is 20.8. The van der Waals surface area contributed by atoms with Gasteiger partial charge in [0.15, 0.2) is 0 Å². The summed E-state index contributed by atoms with van der Waals surface area (Å²) in [6.07, 6.45) is 3.46. The summed E-state index contributed by atoms with van der Waals surface area (Å²) < 4.78 is 8.47. The van der Waals surface area contributed by atoms with Gasteiger partial charge >= 0.3 is 0 Å². The molecule has 1 atom stereocenters. The largest absolute Gasteiger partial charge is 0.341 e. The molecule has 2 amide bonds. The second-order valence-corrected chi connectivity index (χ2v) is 8.39. The fraction of sp³-hybridized carbons (Fsp3) is 0.600. The molecule has 2 saturated heterocycles. The van der Waals surface area contributed by atoms with E-state index in [1.807, 2.05) is 30.0 Å². The number of likely N-dealkylation sites (tertiary alicyclic amines) is 1. The van der Waals surface area contributed by atoms with Crippen molar-refractivity contribution >= 4 is 40.2 Å². The van der Waals surface area contributed by atoms with Gasteiger partial charge in [-0.25, -0.2) is 0 Å². The van der Waals surface area contributed by atoms with Crippen LogP contribution in [0.15, 0.2) is 26.9 Å². The van der Waals surface area contributed by atoms with E-state index in [4.69, 9.17) is 0 Å². The number of nitrogens with zero attached hydrogens (tertiary/aromatic N) is 5. The first kappa shape index (κ1) is 20.2. The lowest BCUT2D eigenvalue weighted by molar-refractivity contribution is -0.138. The van der Waals surface area contributed by atoms with Crippen LogP contribution in [0, 0.1) is 0 Å². The fourth-order valence-electron chi connectivity index (χ4n) is 4.14. The highest BCUT2D eigenvalue weighted by Gasteiger charge is 2.29. The van der Waals surface area contributed by atoms with Gasteiger partial charge in [0.05, 0.1) is 29.6 Å². The molecule has 156 valence electrons. The number of nitrogens with one attached hydrogen (secondary N) is 1. The standard InChI is InChI=1S/C20H28N6O2S/c1-15(20(28)26-8-3-2-4-9-26)25-12-10-24(11-13-25)14-18(27)21-16-6-5-7-17-19(16)23-29-22-17/h5-7,15H,2-4,8-14H2,1H3,(H,21,27). The van der Waals surface area contributed by atoms with Gasteiger partial charge in [-0.1, -0.05) is 6.07 Å². The minimum absolute atomic E-state index is 0.0450. The van der Waals surface area contributed by atoms with Crippen molar-refractivity contribution < 1.29 is 9.59 Å². The topological polar surface area (TPSA) is 80.6 Å². The highest BCUT2D eigenvalue weighted by atomic mass is 32.1. The van der Waals surface area contributed by atoms with E-state index in [2.05, 4.69) is 23.8 Å². The van der Waals surface area contributed by atoms with Crippen molar-refractivity contribution in [2.45, 2.75) is 32.2 Å². The zero-order valence-electron chi connectivity index (χ0n) is 16.8. The molecule has 3 heterocycles. The first-order valence-corrected chi connectivity index (χ1v) is 11.1. The van der Waals surface area contributed by atoms with Gasteiger partial charge in [-0.15, -0.1) is 0 Å². The molecule has 0 aromatic heterocycles. The van der Waals surface area contributed by atoms with E-state index in [1.54, 1.807) is 0 Å². The van der Waals surface area contributed by atoms with E-state index >= 15 is 0 Å². The summed E-state index contributed by atoms with van der Waals surface area (Å²) in [6, 6.07) is 5.53. The molecular formula is C20H28N6O2S. The van der Waals surface area contributed by atoms with Gasteiger partial charge in [-0.2, -0.15) is 8.73 Å². The molecule has 2 fully saturated rings. The van der Waals surface area contributed by atoms with Gasteiger partial charge < -0.3 is 10.2 Å². The second-order valence-electron chi connectivity index (χ2n) is 7.86. The molecule has 1 unspecified atom stereocenters. The van der Waals surface area contributed by atoms with Crippen LogP contribution >= 0.6 is 0 Å². The maximum Gasteiger partial charge on any atom is 0.239 e. The van der Waals surface area contributed by atoms with E-state index in [-0.39, 0.29) is 17.9 Å². The summed E-state index contributed by atoms with van der Waals surface area (Å²) in [4.78, 5) is 31.6. The Morgan fingerprint density at radius 3 is 2.59 bits per heavy atom. The Morgan fingerprint density at radius 1 is 1.07 bits per heavy atom. The molecule has 0 radical (unpaired) electrons. The van der Waals surface area contributed by atoms with E-state index < -0.39 is 0 Å². The monoisotopic (exact) mass is 416 g/mol. The molecule has 8 nitrogen and oxygen atoms in total. The van der Waals surface area contributed by atoms with Crippen molar-refractivity contribution in [2.75, 3.05) is 51.1 Å². The third-order valence-corrected chi connectivity index (χ3v) is 6.45. The molecule has 4 rings (SSSR count). The number of carbonyl (C=O) groups is 2. The molecule has 0 spiro atoms. The number of amides is 2. The molecule has 1 aromatic carbocycles. The molecule has 0 saturated carbocycles. The van der Waals surface area contributed by atoms with Crippen LogP contribution in [0.3, 0.4) is 0 Å². The fourth-order valence-corrected chi connectivity index (χ4v) is 4.69. The lowest BCUT2D eigenvalue weighted by Gasteiger charge is -2.39. The predicted molar refractivity (Wildman–Crippen MR) is 115 cm³/mol. The van der Waals surface area contributed by atoms with Gasteiger partial charge in [0.2, 0.25) is 11.8 Å². The number of fused-ring (bicyclic) bond motifs is 1. The van der Waals surface area contributed by atoms with Crippen LogP contribution in [0.1, 0.15) is 26.2 Å². The van der Waals surface area contributed by atoms with Crippen molar-refractivity contribution in [1.82, 2.24) is 14.7 Å². The van der Waals surface area contributed by atoms with Gasteiger partial charge in [0.1, 0.15) is 11.4 Å². The average molecular weight is 417 g/mol. The quantitative estimate of drug-likeness (QED) is 0.811. The maximum atomic E-state index is 12.7. The number of hydrogen-bond donors (Lipinski definition) is 1. The Bertz CT molecular complexity index is 839. The summed E-state index contributed by atoms with van der Waals surface area (Å²) in [5, 5.41) is 2.96. The van der Waals surface area contributed by atoms with Gasteiger partial charge in [0, 0.05) is 39.3 Å². The highest BCUT2D eigenvalue weighted by molar-refractivity contribution is 7.58. The number of hydrogen-bond acceptors (Lipinski definition) is 6. The number of piperidine rings is 1. The maximum absolute atomic E-state index is 12.7. The molecule has 1 aromatic rings. The second kappa shape index (κ2) is 9.15. The van der Waals surface area contributed by atoms with E-state index in [9.17, 15) is 9.59 Å². The number of rotatable bonds is 5. The molecular weight excluding hydrogens is 388 g/mol. The lowest BCUT2D eigenvalue weighted by Crippen LogP contribution is -2.55. The Hall–Kier alpha value is -2.10. The van der Waals surface area contributed by atoms with Crippen LogP contribution in [0.5, 0.6) is 0 Å². The van der Waals surface area contributed by atoms with E-state index in [0.717, 1.165) is 74.8 Å². The minimum Gasteiger partial charge on any atom is -0.341 e.